The summed E-state index contributed by atoms with van der Waals surface area (Å²) < 4.78 is 7.90. The molecule has 0 amide bonds. The number of ether oxygens (including phenoxy) is 1. The van der Waals surface area contributed by atoms with E-state index < -0.39 is 0 Å². The summed E-state index contributed by atoms with van der Waals surface area (Å²) in [5.74, 6) is 3.03. The molecule has 1 fully saturated rings. The lowest BCUT2D eigenvalue weighted by Crippen LogP contribution is -2.22. The summed E-state index contributed by atoms with van der Waals surface area (Å²) in [6.45, 7) is 8.87. The fraction of sp³-hybridized carbons (Fsp3) is 0.357. The van der Waals surface area contributed by atoms with Gasteiger partial charge < -0.3 is 9.72 Å². The molecule has 3 aromatic heterocycles. The van der Waals surface area contributed by atoms with Gasteiger partial charge in [-0.2, -0.15) is 5.10 Å². The Kier molecular flexibility index (Phi) is 5.68. The number of fused-ring (bicyclic) bond motifs is 2. The molecule has 0 saturated carbocycles. The largest absolute Gasteiger partial charge is 0.461 e. The van der Waals surface area contributed by atoms with E-state index in [2.05, 4.69) is 45.1 Å². The summed E-state index contributed by atoms with van der Waals surface area (Å²) in [6, 6.07) is 8.32. The quantitative estimate of drug-likeness (QED) is 0.428. The van der Waals surface area contributed by atoms with Crippen molar-refractivity contribution >= 4 is 21.9 Å². The van der Waals surface area contributed by atoms with Crippen LogP contribution in [0.1, 0.15) is 50.5 Å². The first kappa shape index (κ1) is 22.7. The van der Waals surface area contributed by atoms with Crippen molar-refractivity contribution < 1.29 is 4.74 Å². The molecular weight excluding hydrogens is 452 g/mol. The van der Waals surface area contributed by atoms with Crippen molar-refractivity contribution in [2.45, 2.75) is 45.7 Å². The Labute approximate surface area is 209 Å². The highest BCUT2D eigenvalue weighted by molar-refractivity contribution is 5.83. The molecule has 1 aliphatic heterocycles. The minimum absolute atomic E-state index is 0.118. The second-order valence-electron chi connectivity index (χ2n) is 10.2. The topological polar surface area (TPSA) is 88.9 Å². The van der Waals surface area contributed by atoms with Crippen LogP contribution >= 0.6 is 0 Å². The predicted molar refractivity (Wildman–Crippen MR) is 140 cm³/mol. The zero-order chi connectivity index (χ0) is 24.8. The van der Waals surface area contributed by atoms with Crippen LogP contribution in [0, 0.1) is 5.92 Å². The lowest BCUT2D eigenvalue weighted by Gasteiger charge is -2.17. The second-order valence-corrected chi connectivity index (χ2v) is 10.2. The number of hydrogen-bond donors (Lipinski definition) is 1. The van der Waals surface area contributed by atoms with Crippen molar-refractivity contribution in [2.24, 2.45) is 5.92 Å². The van der Waals surface area contributed by atoms with Crippen molar-refractivity contribution in [1.82, 2.24) is 29.6 Å². The maximum atomic E-state index is 12.8. The zero-order valence-corrected chi connectivity index (χ0v) is 20.8. The van der Waals surface area contributed by atoms with Crippen molar-refractivity contribution in [1.29, 1.82) is 0 Å². The van der Waals surface area contributed by atoms with Crippen molar-refractivity contribution in [3.8, 4) is 5.75 Å². The number of H-pyrrole nitrogens is 1. The summed E-state index contributed by atoms with van der Waals surface area (Å²) in [5, 5.41) is 6.03. The van der Waals surface area contributed by atoms with Gasteiger partial charge in [0.1, 0.15) is 22.7 Å². The highest BCUT2D eigenvalue weighted by atomic mass is 16.5. The predicted octanol–water partition coefficient (Wildman–Crippen LogP) is 4.71. The van der Waals surface area contributed by atoms with Gasteiger partial charge in [-0.3, -0.25) is 14.7 Å². The maximum Gasteiger partial charge on any atom is 0.262 e. The van der Waals surface area contributed by atoms with Gasteiger partial charge in [0.15, 0.2) is 5.65 Å². The van der Waals surface area contributed by atoms with E-state index in [1.54, 1.807) is 6.20 Å². The molecule has 6 rings (SSSR count). The van der Waals surface area contributed by atoms with E-state index in [1.165, 1.54) is 5.56 Å². The van der Waals surface area contributed by atoms with E-state index >= 15 is 0 Å². The van der Waals surface area contributed by atoms with E-state index in [0.717, 1.165) is 54.3 Å². The maximum absolute atomic E-state index is 12.8. The molecule has 0 unspecified atom stereocenters. The van der Waals surface area contributed by atoms with Gasteiger partial charge in [0.05, 0.1) is 11.7 Å². The minimum atomic E-state index is -0.118. The van der Waals surface area contributed by atoms with Crippen LogP contribution < -0.4 is 10.3 Å². The van der Waals surface area contributed by atoms with Crippen LogP contribution in [0.2, 0.25) is 0 Å². The highest BCUT2D eigenvalue weighted by Crippen LogP contribution is 2.33. The molecule has 1 saturated heterocycles. The first-order chi connectivity index (χ1) is 17.5. The first-order valence-electron chi connectivity index (χ1n) is 12.6. The molecular formula is C28H30N6O2. The molecule has 1 N–H and O–H groups in total. The number of rotatable bonds is 6. The zero-order valence-electron chi connectivity index (χ0n) is 20.8. The second kappa shape index (κ2) is 9.02. The van der Waals surface area contributed by atoms with Crippen molar-refractivity contribution in [3.05, 3.63) is 82.4 Å². The van der Waals surface area contributed by atoms with Gasteiger partial charge >= 0.3 is 0 Å². The molecule has 0 radical (unpaired) electrons. The summed E-state index contributed by atoms with van der Waals surface area (Å²) >= 11 is 0. The minimum Gasteiger partial charge on any atom is -0.461 e. The first-order valence-corrected chi connectivity index (χ1v) is 12.6. The molecule has 0 spiro atoms. The summed E-state index contributed by atoms with van der Waals surface area (Å²) in [7, 11) is 0. The van der Waals surface area contributed by atoms with E-state index in [1.807, 2.05) is 49.0 Å². The van der Waals surface area contributed by atoms with E-state index in [9.17, 15) is 4.79 Å². The molecule has 4 heterocycles. The summed E-state index contributed by atoms with van der Waals surface area (Å²) in [4.78, 5) is 27.7. The Balaban J connectivity index is 1.26. The van der Waals surface area contributed by atoms with Crippen LogP contribution in [0.5, 0.6) is 5.75 Å². The molecule has 36 heavy (non-hydrogen) atoms. The van der Waals surface area contributed by atoms with E-state index in [4.69, 9.17) is 9.72 Å². The number of pyridine rings is 1. The third-order valence-electron chi connectivity index (χ3n) is 7.19. The van der Waals surface area contributed by atoms with Gasteiger partial charge in [0, 0.05) is 49.6 Å². The Morgan fingerprint density at radius 2 is 2.08 bits per heavy atom. The van der Waals surface area contributed by atoms with Gasteiger partial charge in [-0.15, -0.1) is 0 Å². The molecule has 1 aliphatic carbocycles. The third-order valence-corrected chi connectivity index (χ3v) is 7.19. The lowest BCUT2D eigenvalue weighted by atomic mass is 9.97. The number of nitrogens with one attached hydrogen (secondary N) is 1. The normalized spacial score (nSPS) is 20.2. The fourth-order valence-corrected chi connectivity index (χ4v) is 5.34. The SMILES string of the molecule is CC(C)n1ncc2c(=O)[nH]c([C@@H]3CN(Cc4ccnc5ccc(OC6=CC=CC6)cc45)C[C@H]3C)nc21. The number of hydrogen-bond acceptors (Lipinski definition) is 6. The van der Waals surface area contributed by atoms with Gasteiger partial charge in [0.2, 0.25) is 0 Å². The molecule has 8 heteroatoms. The number of nitrogens with zero attached hydrogens (tertiary/aromatic N) is 5. The van der Waals surface area contributed by atoms with E-state index in [-0.39, 0.29) is 17.5 Å². The Bertz CT molecular complexity index is 1560. The Hall–Kier alpha value is -3.78. The van der Waals surface area contributed by atoms with Crippen LogP contribution in [0.3, 0.4) is 0 Å². The standard InChI is InChI=1S/C28H30N6O2/c1-17(2)34-27-23(13-30-34)28(35)32-26(31-27)24-16-33(14-18(24)3)15-19-10-11-29-25-9-8-21(12-22(19)25)36-20-6-4-5-7-20/h4-6,8-13,17-18,24H,7,14-16H2,1-3H3,(H,31,32,35)/t18-,24-/m1/s1. The molecule has 0 bridgehead atoms. The average molecular weight is 483 g/mol. The Morgan fingerprint density at radius 3 is 2.89 bits per heavy atom. The molecule has 8 nitrogen and oxygen atoms in total. The molecule has 2 aliphatic rings. The summed E-state index contributed by atoms with van der Waals surface area (Å²) in [5.41, 5.74) is 2.72. The molecule has 184 valence electrons. The number of allylic oxidation sites excluding steroid dienone is 3. The smallest absolute Gasteiger partial charge is 0.262 e. The van der Waals surface area contributed by atoms with Crippen LogP contribution in [0.15, 0.2) is 65.4 Å². The van der Waals surface area contributed by atoms with Crippen LogP contribution in [-0.4, -0.2) is 42.7 Å². The van der Waals surface area contributed by atoms with Crippen LogP contribution in [-0.2, 0) is 6.54 Å². The van der Waals surface area contributed by atoms with E-state index in [0.29, 0.717) is 17.0 Å². The van der Waals surface area contributed by atoms with Crippen molar-refractivity contribution in [2.75, 3.05) is 13.1 Å². The lowest BCUT2D eigenvalue weighted by molar-refractivity contribution is 0.319. The number of aromatic nitrogens is 5. The molecule has 2 atom stereocenters. The van der Waals surface area contributed by atoms with Gasteiger partial charge in [-0.05, 0) is 55.7 Å². The monoisotopic (exact) mass is 482 g/mol. The van der Waals surface area contributed by atoms with Crippen LogP contribution in [0.25, 0.3) is 21.9 Å². The Morgan fingerprint density at radius 1 is 1.19 bits per heavy atom. The molecule has 1 aromatic carbocycles. The molecule has 4 aromatic rings. The van der Waals surface area contributed by atoms with Gasteiger partial charge in [0.25, 0.3) is 5.56 Å². The highest BCUT2D eigenvalue weighted by Gasteiger charge is 2.33. The van der Waals surface area contributed by atoms with Crippen molar-refractivity contribution in [3.63, 3.8) is 0 Å². The van der Waals surface area contributed by atoms with Gasteiger partial charge in [-0.25, -0.2) is 9.67 Å². The number of benzene rings is 1. The van der Waals surface area contributed by atoms with Crippen LogP contribution in [0.4, 0.5) is 0 Å². The average Bonchev–Trinajstić information content (AvgIpc) is 3.60. The third kappa shape index (κ3) is 4.11. The summed E-state index contributed by atoms with van der Waals surface area (Å²) in [6.07, 6.45) is 10.4. The van der Waals surface area contributed by atoms with Gasteiger partial charge in [-0.1, -0.05) is 19.1 Å². The number of aromatic amines is 1. The number of likely N-dealkylation sites (tertiary alicyclic amines) is 1. The fourth-order valence-electron chi connectivity index (χ4n) is 5.34.